The number of hydrogen-bond donors (Lipinski definition) is 3. The molecule has 0 spiro atoms. The lowest BCUT2D eigenvalue weighted by Gasteiger charge is -2.41. The first-order valence-electron chi connectivity index (χ1n) is 10.8. The lowest BCUT2D eigenvalue weighted by Crippen LogP contribution is -2.41. The Morgan fingerprint density at radius 1 is 0.912 bits per heavy atom. The summed E-state index contributed by atoms with van der Waals surface area (Å²) in [5.74, 6) is -1.26. The molecule has 3 atom stereocenters. The summed E-state index contributed by atoms with van der Waals surface area (Å²) in [7, 11) is 0. The molecule has 0 saturated heterocycles. The van der Waals surface area contributed by atoms with Crippen LogP contribution in [-0.2, 0) is 6.42 Å². The van der Waals surface area contributed by atoms with Crippen molar-refractivity contribution < 1.29 is 24.9 Å². The van der Waals surface area contributed by atoms with E-state index in [-0.39, 0.29) is 16.8 Å². The molecule has 0 radical (unpaired) electrons. The molecule has 34 heavy (non-hydrogen) atoms. The van der Waals surface area contributed by atoms with Gasteiger partial charge in [-0.1, -0.05) is 18.2 Å². The molecule has 3 N–H and O–H groups in total. The molecule has 2 aliphatic rings. The molecule has 7 rings (SSSR count). The maximum atomic E-state index is 12.1. The molecule has 5 aromatic rings. The number of carbonyl (C=O) groups is 1. The highest BCUT2D eigenvalue weighted by molar-refractivity contribution is 6.05. The SMILES string of the molecule is O=C(O)c1cc2c(c3nc4ccccc4nc13)[C@@H]1Cc3nc4cccc(O)c4nc3[C@H](O2)[C@@H]1O. The van der Waals surface area contributed by atoms with Gasteiger partial charge >= 0.3 is 5.97 Å². The zero-order valence-electron chi connectivity index (χ0n) is 17.5. The van der Waals surface area contributed by atoms with Crippen LogP contribution < -0.4 is 4.74 Å². The molecule has 166 valence electrons. The summed E-state index contributed by atoms with van der Waals surface area (Å²) in [6.07, 6.45) is -1.45. The Balaban J connectivity index is 1.51. The van der Waals surface area contributed by atoms with Crippen LogP contribution in [0.15, 0.2) is 48.5 Å². The van der Waals surface area contributed by atoms with Gasteiger partial charge in [-0.15, -0.1) is 0 Å². The topological polar surface area (TPSA) is 139 Å². The summed E-state index contributed by atoms with van der Waals surface area (Å²) in [5.41, 5.74) is 4.40. The van der Waals surface area contributed by atoms with Crippen LogP contribution in [0.3, 0.4) is 0 Å². The summed E-state index contributed by atoms with van der Waals surface area (Å²) >= 11 is 0. The Morgan fingerprint density at radius 3 is 2.41 bits per heavy atom. The number of aromatic carboxylic acids is 1. The number of fused-ring (bicyclic) bond motifs is 10. The van der Waals surface area contributed by atoms with Crippen molar-refractivity contribution in [2.75, 3.05) is 0 Å². The van der Waals surface area contributed by atoms with Crippen LogP contribution in [0.4, 0.5) is 0 Å². The van der Waals surface area contributed by atoms with E-state index in [1.54, 1.807) is 18.2 Å². The Hall–Kier alpha value is -4.37. The molecule has 2 aromatic heterocycles. The van der Waals surface area contributed by atoms with Crippen molar-refractivity contribution in [2.45, 2.75) is 24.5 Å². The van der Waals surface area contributed by atoms with E-state index < -0.39 is 24.1 Å². The van der Waals surface area contributed by atoms with Crippen molar-refractivity contribution in [3.63, 3.8) is 0 Å². The summed E-state index contributed by atoms with van der Waals surface area (Å²) in [6.45, 7) is 0. The van der Waals surface area contributed by atoms with Gasteiger partial charge in [-0.2, -0.15) is 0 Å². The zero-order chi connectivity index (χ0) is 23.1. The first-order valence-corrected chi connectivity index (χ1v) is 10.8. The average molecular weight is 452 g/mol. The van der Waals surface area contributed by atoms with Gasteiger partial charge in [-0.3, -0.25) is 0 Å². The van der Waals surface area contributed by atoms with E-state index in [9.17, 15) is 20.1 Å². The molecule has 3 heterocycles. The normalized spacial score (nSPS) is 20.7. The van der Waals surface area contributed by atoms with Crippen LogP contribution in [0.25, 0.3) is 33.1 Å². The van der Waals surface area contributed by atoms with Crippen LogP contribution in [0.1, 0.15) is 39.3 Å². The number of hydrogen-bond acceptors (Lipinski definition) is 8. The molecule has 0 fully saturated rings. The van der Waals surface area contributed by atoms with Crippen LogP contribution >= 0.6 is 0 Å². The number of phenolic OH excluding ortho intramolecular Hbond substituents is 1. The van der Waals surface area contributed by atoms with Crippen molar-refractivity contribution in [3.8, 4) is 11.5 Å². The minimum atomic E-state index is -1.15. The highest BCUT2D eigenvalue weighted by atomic mass is 16.5. The van der Waals surface area contributed by atoms with Gasteiger partial charge < -0.3 is 20.1 Å². The van der Waals surface area contributed by atoms with Crippen molar-refractivity contribution >= 4 is 39.1 Å². The van der Waals surface area contributed by atoms with Gasteiger partial charge in [0.15, 0.2) is 6.10 Å². The summed E-state index contributed by atoms with van der Waals surface area (Å²) in [5, 5.41) is 31.4. The number of aliphatic hydroxyl groups is 1. The van der Waals surface area contributed by atoms with Crippen LogP contribution in [0, 0.1) is 0 Å². The van der Waals surface area contributed by atoms with Crippen LogP contribution in [0.5, 0.6) is 11.5 Å². The van der Waals surface area contributed by atoms with Gasteiger partial charge in [-0.05, 0) is 30.3 Å². The van der Waals surface area contributed by atoms with E-state index >= 15 is 0 Å². The molecule has 3 aromatic carbocycles. The highest BCUT2D eigenvalue weighted by Crippen LogP contribution is 2.50. The van der Waals surface area contributed by atoms with Crippen molar-refractivity contribution in [1.82, 2.24) is 19.9 Å². The van der Waals surface area contributed by atoms with Gasteiger partial charge in [0.05, 0.1) is 33.3 Å². The third-order valence-corrected chi connectivity index (χ3v) is 6.66. The predicted octanol–water partition coefficient (Wildman–Crippen LogP) is 3.26. The fourth-order valence-corrected chi connectivity index (χ4v) is 5.12. The van der Waals surface area contributed by atoms with Gasteiger partial charge in [0.1, 0.15) is 34.3 Å². The lowest BCUT2D eigenvalue weighted by atomic mass is 9.77. The number of aromatic hydroxyl groups is 1. The first-order chi connectivity index (χ1) is 16.5. The number of carboxylic acid groups (broad SMARTS) is 1. The summed E-state index contributed by atoms with van der Waals surface area (Å²) in [6, 6.07) is 13.7. The maximum Gasteiger partial charge on any atom is 0.338 e. The highest BCUT2D eigenvalue weighted by Gasteiger charge is 2.46. The van der Waals surface area contributed by atoms with E-state index in [0.717, 1.165) is 0 Å². The minimum Gasteiger partial charge on any atom is -0.506 e. The van der Waals surface area contributed by atoms with E-state index in [1.165, 1.54) is 12.1 Å². The molecular weight excluding hydrogens is 436 g/mol. The number of rotatable bonds is 1. The van der Waals surface area contributed by atoms with E-state index in [4.69, 9.17) is 14.7 Å². The number of para-hydroxylation sites is 3. The number of aromatic nitrogens is 4. The quantitative estimate of drug-likeness (QED) is 0.327. The molecule has 9 nitrogen and oxygen atoms in total. The Bertz CT molecular complexity index is 1700. The fraction of sp³-hybridized carbons (Fsp3) is 0.160. The second-order valence-corrected chi connectivity index (χ2v) is 8.59. The smallest absolute Gasteiger partial charge is 0.338 e. The lowest BCUT2D eigenvalue weighted by molar-refractivity contribution is -0.0110. The van der Waals surface area contributed by atoms with Crippen molar-refractivity contribution in [3.05, 3.63) is 71.0 Å². The van der Waals surface area contributed by atoms with Gasteiger partial charge in [0.2, 0.25) is 0 Å². The molecule has 9 heteroatoms. The monoisotopic (exact) mass is 452 g/mol. The van der Waals surface area contributed by atoms with Gasteiger partial charge in [0, 0.05) is 17.9 Å². The molecule has 0 unspecified atom stereocenters. The van der Waals surface area contributed by atoms with E-state index in [2.05, 4.69) is 9.97 Å². The maximum absolute atomic E-state index is 12.1. The number of phenols is 1. The second-order valence-electron chi connectivity index (χ2n) is 8.59. The summed E-state index contributed by atoms with van der Waals surface area (Å²) < 4.78 is 6.18. The fourth-order valence-electron chi connectivity index (χ4n) is 5.12. The second kappa shape index (κ2) is 6.58. The minimum absolute atomic E-state index is 0.0121. The molecule has 1 aliphatic heterocycles. The van der Waals surface area contributed by atoms with Crippen LogP contribution in [-0.4, -0.2) is 47.3 Å². The molecule has 1 aliphatic carbocycles. The molecule has 0 amide bonds. The number of nitrogens with zero attached hydrogens (tertiary/aromatic N) is 4. The van der Waals surface area contributed by atoms with Gasteiger partial charge in [-0.25, -0.2) is 24.7 Å². The standard InChI is InChI=1S/C25H16N4O5/c30-16-7-3-6-14-20(16)29-21-15(26-14)8-10-18-17(34-24(21)23(10)31)9-11(25(32)33)19-22(18)28-13-5-2-1-4-12(13)27-19/h1-7,9-10,23-24,30-31H,8H2,(H,32,33)/t10-,23+,24-/m0/s1. The predicted molar refractivity (Wildman–Crippen MR) is 121 cm³/mol. The van der Waals surface area contributed by atoms with Gasteiger partial charge in [0.25, 0.3) is 0 Å². The Labute approximate surface area is 191 Å². The summed E-state index contributed by atoms with van der Waals surface area (Å²) in [4.78, 5) is 30.7. The van der Waals surface area contributed by atoms with E-state index in [0.29, 0.717) is 56.7 Å². The molecule has 2 bridgehead atoms. The Kier molecular flexibility index (Phi) is 3.70. The molecular formula is C25H16N4O5. The number of aliphatic hydroxyl groups excluding tert-OH is 1. The zero-order valence-corrected chi connectivity index (χ0v) is 17.5. The first kappa shape index (κ1) is 19.1. The number of benzene rings is 3. The largest absolute Gasteiger partial charge is 0.506 e. The van der Waals surface area contributed by atoms with Crippen molar-refractivity contribution in [2.24, 2.45) is 0 Å². The Morgan fingerprint density at radius 2 is 1.65 bits per heavy atom. The third kappa shape index (κ3) is 2.49. The molecule has 0 saturated carbocycles. The van der Waals surface area contributed by atoms with Crippen molar-refractivity contribution in [1.29, 1.82) is 0 Å². The number of ether oxygens (including phenoxy) is 1. The van der Waals surface area contributed by atoms with Crippen LogP contribution in [0.2, 0.25) is 0 Å². The average Bonchev–Trinajstić information content (AvgIpc) is 2.82. The third-order valence-electron chi connectivity index (χ3n) is 6.66. The number of carboxylic acids is 1. The van der Waals surface area contributed by atoms with E-state index in [1.807, 2.05) is 18.2 Å².